The van der Waals surface area contributed by atoms with Crippen LogP contribution in [0.15, 0.2) is 120 Å². The van der Waals surface area contributed by atoms with E-state index in [0.29, 0.717) is 17.8 Å². The third-order valence-corrected chi connectivity index (χ3v) is 13.2. The van der Waals surface area contributed by atoms with Gasteiger partial charge in [-0.15, -0.1) is 0 Å². The molecule has 0 aromatic heterocycles. The van der Waals surface area contributed by atoms with E-state index in [1.807, 2.05) is 0 Å². The van der Waals surface area contributed by atoms with Crippen LogP contribution in [0.25, 0.3) is 5.57 Å². The van der Waals surface area contributed by atoms with Crippen LogP contribution >= 0.6 is 0 Å². The lowest BCUT2D eigenvalue weighted by Crippen LogP contribution is -2.69. The largest absolute Gasteiger partial charge is 0.179 e. The van der Waals surface area contributed by atoms with E-state index < -0.39 is 8.07 Å². The van der Waals surface area contributed by atoms with Gasteiger partial charge in [0, 0.05) is 0 Å². The van der Waals surface area contributed by atoms with Gasteiger partial charge in [0.1, 0.15) is 0 Å². The molecular formula is C38H42Si. The number of benzene rings is 4. The lowest BCUT2D eigenvalue weighted by molar-refractivity contribution is 0.867. The van der Waals surface area contributed by atoms with Crippen LogP contribution in [0.1, 0.15) is 88.0 Å². The van der Waals surface area contributed by atoms with Crippen LogP contribution in [0.4, 0.5) is 0 Å². The maximum absolute atomic E-state index is 2.68. The molecule has 1 heteroatoms. The van der Waals surface area contributed by atoms with Crippen molar-refractivity contribution in [3.63, 3.8) is 0 Å². The van der Waals surface area contributed by atoms with E-state index >= 15 is 0 Å². The molecule has 0 heterocycles. The highest BCUT2D eigenvalue weighted by Gasteiger charge is 2.45. The summed E-state index contributed by atoms with van der Waals surface area (Å²) in [5, 5.41) is 5.96. The maximum Gasteiger partial charge on any atom is 0.179 e. The Hall–Kier alpha value is -3.42. The fourth-order valence-electron chi connectivity index (χ4n) is 6.12. The van der Waals surface area contributed by atoms with Crippen LogP contribution in [0.5, 0.6) is 0 Å². The zero-order valence-electron chi connectivity index (χ0n) is 24.4. The summed E-state index contributed by atoms with van der Waals surface area (Å²) in [6.07, 6.45) is 5.98. The zero-order valence-corrected chi connectivity index (χ0v) is 25.4. The van der Waals surface area contributed by atoms with Crippen molar-refractivity contribution in [1.82, 2.24) is 0 Å². The van der Waals surface area contributed by atoms with Gasteiger partial charge in [-0.25, -0.2) is 0 Å². The summed E-state index contributed by atoms with van der Waals surface area (Å²) in [7, 11) is -2.68. The minimum atomic E-state index is -2.68. The lowest BCUT2D eigenvalue weighted by atomic mass is 10.0. The molecule has 0 radical (unpaired) electrons. The molecule has 1 aliphatic carbocycles. The second-order valence-electron chi connectivity index (χ2n) is 11.9. The van der Waals surface area contributed by atoms with Gasteiger partial charge in [0.2, 0.25) is 0 Å². The minimum Gasteiger partial charge on any atom is -0.0798 e. The molecule has 0 nitrogen and oxygen atoms in total. The van der Waals surface area contributed by atoms with Crippen molar-refractivity contribution in [2.75, 3.05) is 0 Å². The first-order valence-corrected chi connectivity index (χ1v) is 16.6. The van der Waals surface area contributed by atoms with Crippen molar-refractivity contribution in [3.8, 4) is 0 Å². The third-order valence-electron chi connectivity index (χ3n) is 8.38. The van der Waals surface area contributed by atoms with Crippen molar-refractivity contribution >= 4 is 29.2 Å². The minimum absolute atomic E-state index is 0.474. The number of hydrogen-bond acceptors (Lipinski definition) is 0. The zero-order chi connectivity index (χ0) is 27.6. The second-order valence-corrected chi connectivity index (χ2v) is 15.7. The summed E-state index contributed by atoms with van der Waals surface area (Å²) in [5.41, 5.74) is 6.95. The molecule has 1 aliphatic rings. The van der Waals surface area contributed by atoms with Crippen LogP contribution in [-0.4, -0.2) is 8.07 Å². The second kappa shape index (κ2) is 11.4. The molecule has 0 aliphatic heterocycles. The first-order chi connectivity index (χ1) is 18.8. The van der Waals surface area contributed by atoms with Gasteiger partial charge >= 0.3 is 0 Å². The van der Waals surface area contributed by atoms with Crippen molar-refractivity contribution in [2.45, 2.75) is 65.7 Å². The van der Waals surface area contributed by atoms with E-state index in [1.54, 1.807) is 0 Å². The molecule has 0 atom stereocenters. The van der Waals surface area contributed by atoms with Crippen LogP contribution in [-0.2, 0) is 0 Å². The molecule has 198 valence electrons. The maximum atomic E-state index is 2.54. The van der Waals surface area contributed by atoms with Gasteiger partial charge in [0.25, 0.3) is 0 Å². The summed E-state index contributed by atoms with van der Waals surface area (Å²) in [6.45, 7) is 13.9. The van der Waals surface area contributed by atoms with E-state index in [2.05, 4.69) is 157 Å². The SMILES string of the molecule is CC(C)c1cccc([Si](C2=CCC=C2c2ccccc2)(c2cccc(C(C)C)c2)c2cccc(C(C)C)c2)c1. The third kappa shape index (κ3) is 5.13. The first-order valence-electron chi connectivity index (χ1n) is 14.6. The smallest absolute Gasteiger partial charge is 0.0798 e. The highest BCUT2D eigenvalue weighted by Crippen LogP contribution is 2.36. The summed E-state index contributed by atoms with van der Waals surface area (Å²) in [6, 6.07) is 39.7. The standard InChI is InChI=1S/C38H42Si/c1-27(2)31-16-10-19-34(24-31)39(35-20-11-17-32(25-35)28(3)4,36-21-12-18-33(26-36)29(5)6)38-23-13-22-37(38)30-14-8-7-9-15-30/h7-12,14-29H,13H2,1-6H3. The Balaban J connectivity index is 1.91. The Labute approximate surface area is 237 Å². The molecule has 4 aromatic carbocycles. The van der Waals surface area contributed by atoms with Crippen molar-refractivity contribution in [3.05, 3.63) is 143 Å². The molecule has 0 saturated carbocycles. The lowest BCUT2D eigenvalue weighted by Gasteiger charge is -2.38. The van der Waals surface area contributed by atoms with E-state index in [0.717, 1.165) is 6.42 Å². The molecule has 39 heavy (non-hydrogen) atoms. The number of rotatable bonds is 8. The van der Waals surface area contributed by atoms with Crippen LogP contribution in [0.2, 0.25) is 0 Å². The normalized spacial score (nSPS) is 13.8. The predicted octanol–water partition coefficient (Wildman–Crippen LogP) is 8.48. The van der Waals surface area contributed by atoms with Gasteiger partial charge in [-0.05, 0) is 72.8 Å². The Morgan fingerprint density at radius 2 is 0.923 bits per heavy atom. The quantitative estimate of drug-likeness (QED) is 0.159. The van der Waals surface area contributed by atoms with Crippen LogP contribution in [0.3, 0.4) is 0 Å². The summed E-state index contributed by atoms with van der Waals surface area (Å²) >= 11 is 0. The molecule has 0 fully saturated rings. The Morgan fingerprint density at radius 3 is 1.33 bits per heavy atom. The molecule has 0 N–H and O–H groups in total. The van der Waals surface area contributed by atoms with Crippen molar-refractivity contribution in [2.24, 2.45) is 0 Å². The molecule has 0 saturated heterocycles. The van der Waals surface area contributed by atoms with E-state index in [9.17, 15) is 0 Å². The van der Waals surface area contributed by atoms with Crippen molar-refractivity contribution < 1.29 is 0 Å². The Morgan fingerprint density at radius 1 is 0.487 bits per heavy atom. The number of allylic oxidation sites excluding steroid dienone is 4. The Bertz CT molecular complexity index is 1380. The molecule has 0 unspecified atom stereocenters. The summed E-state index contributed by atoms with van der Waals surface area (Å²) in [5.74, 6) is 1.42. The van der Waals surface area contributed by atoms with Gasteiger partial charge < -0.3 is 0 Å². The van der Waals surface area contributed by atoms with E-state index in [1.165, 1.54) is 48.6 Å². The van der Waals surface area contributed by atoms with Gasteiger partial charge in [0.15, 0.2) is 8.07 Å². The van der Waals surface area contributed by atoms with Crippen LogP contribution < -0.4 is 15.6 Å². The van der Waals surface area contributed by atoms with Gasteiger partial charge in [0.05, 0.1) is 0 Å². The van der Waals surface area contributed by atoms with Crippen LogP contribution in [0, 0.1) is 0 Å². The van der Waals surface area contributed by atoms with E-state index in [4.69, 9.17) is 0 Å². The van der Waals surface area contributed by atoms with E-state index in [-0.39, 0.29) is 0 Å². The van der Waals surface area contributed by atoms with Gasteiger partial charge in [-0.1, -0.05) is 157 Å². The predicted molar refractivity (Wildman–Crippen MR) is 173 cm³/mol. The molecule has 0 amide bonds. The highest BCUT2D eigenvalue weighted by atomic mass is 28.3. The van der Waals surface area contributed by atoms with Gasteiger partial charge in [-0.2, -0.15) is 0 Å². The monoisotopic (exact) mass is 526 g/mol. The molecule has 5 rings (SSSR count). The number of hydrogen-bond donors (Lipinski definition) is 0. The highest BCUT2D eigenvalue weighted by molar-refractivity contribution is 7.17. The molecule has 0 spiro atoms. The molecular weight excluding hydrogens is 485 g/mol. The average Bonchev–Trinajstić information content (AvgIpc) is 3.45. The Kier molecular flexibility index (Phi) is 7.91. The molecule has 4 aromatic rings. The average molecular weight is 527 g/mol. The molecule has 0 bridgehead atoms. The topological polar surface area (TPSA) is 0 Å². The van der Waals surface area contributed by atoms with Gasteiger partial charge in [-0.3, -0.25) is 0 Å². The fourth-order valence-corrected chi connectivity index (χ4v) is 11.3. The van der Waals surface area contributed by atoms with Crippen molar-refractivity contribution in [1.29, 1.82) is 0 Å². The summed E-state index contributed by atoms with van der Waals surface area (Å²) < 4.78 is 0. The first kappa shape index (κ1) is 27.2. The summed E-state index contributed by atoms with van der Waals surface area (Å²) in [4.78, 5) is 0. The fraction of sp³-hybridized carbons (Fsp3) is 0.263.